The molecule has 1 heterocycles. The molecule has 4 aromatic rings. The third-order valence-electron chi connectivity index (χ3n) is 8.10. The molecule has 2 bridgehead atoms. The highest BCUT2D eigenvalue weighted by Crippen LogP contribution is 2.69. The Balaban J connectivity index is 1.15. The van der Waals surface area contributed by atoms with Crippen molar-refractivity contribution in [3.8, 4) is 11.5 Å². The lowest BCUT2D eigenvalue weighted by atomic mass is 9.54. The van der Waals surface area contributed by atoms with Crippen LogP contribution in [0.1, 0.15) is 22.3 Å². The summed E-state index contributed by atoms with van der Waals surface area (Å²) in [5.74, 6) is -2.09. The van der Waals surface area contributed by atoms with Gasteiger partial charge in [-0.25, -0.2) is 0 Å². The van der Waals surface area contributed by atoms with Crippen LogP contribution in [0.2, 0.25) is 0 Å². The van der Waals surface area contributed by atoms with Gasteiger partial charge in [0.15, 0.2) is 0 Å². The van der Waals surface area contributed by atoms with Crippen LogP contribution in [0.5, 0.6) is 11.5 Å². The van der Waals surface area contributed by atoms with Gasteiger partial charge in [0, 0.05) is 5.69 Å². The first-order chi connectivity index (χ1) is 19.3. The summed E-state index contributed by atoms with van der Waals surface area (Å²) in [5.41, 5.74) is 3.38. The highest BCUT2D eigenvalue weighted by Gasteiger charge is 2.73. The quantitative estimate of drug-likeness (QED) is 0.236. The molecular weight excluding hydrogens is 547 g/mol. The first-order valence-corrected chi connectivity index (χ1v) is 13.6. The van der Waals surface area contributed by atoms with E-state index in [2.05, 4.69) is 5.32 Å². The molecule has 4 aromatic carbocycles. The molecule has 0 radical (unpaired) electrons. The summed E-state index contributed by atoms with van der Waals surface area (Å²) in [5, 5.41) is 2.77. The van der Waals surface area contributed by atoms with E-state index in [9.17, 15) is 14.4 Å². The van der Waals surface area contributed by atoms with Gasteiger partial charge in [-0.3, -0.25) is 19.3 Å². The van der Waals surface area contributed by atoms with Crippen molar-refractivity contribution < 1.29 is 19.1 Å². The maximum atomic E-state index is 13.9. The number of hydrogen-bond acceptors (Lipinski definition) is 4. The second kappa shape index (κ2) is 8.95. The molecule has 1 N–H and O–H groups in total. The average Bonchev–Trinajstić information content (AvgIpc) is 3.23. The summed E-state index contributed by atoms with van der Waals surface area (Å²) < 4.78 is 5.79. The maximum Gasteiger partial charge on any atom is 0.244 e. The number of amides is 3. The van der Waals surface area contributed by atoms with Crippen LogP contribution in [0.4, 0.5) is 5.69 Å². The second-order valence-corrected chi connectivity index (χ2v) is 11.4. The zero-order valence-corrected chi connectivity index (χ0v) is 22.5. The number of imide groups is 1. The standard InChI is InChI=1S/C32H22Cl2N2O4/c33-31-22-10-4-5-11-23(22)32(34,25-13-7-6-12-24(25)31)28-27(31)29(38)36(30(28)39)18-26(37)35-19-14-16-21(17-15-19)40-20-8-2-1-3-9-20/h1-17,27-28H,18H2,(H,35,37)/t27-,28-,31?,32?/m0/s1. The van der Waals surface area contributed by atoms with Crippen LogP contribution < -0.4 is 10.1 Å². The van der Waals surface area contributed by atoms with Gasteiger partial charge in [0.25, 0.3) is 0 Å². The lowest BCUT2D eigenvalue weighted by Crippen LogP contribution is -2.57. The Morgan fingerprint density at radius 2 is 1.10 bits per heavy atom. The smallest absolute Gasteiger partial charge is 0.244 e. The van der Waals surface area contributed by atoms with E-state index in [1.54, 1.807) is 24.3 Å². The number of ether oxygens (including phenoxy) is 1. The fraction of sp³-hybridized carbons (Fsp3) is 0.156. The van der Waals surface area contributed by atoms with Gasteiger partial charge in [-0.15, -0.1) is 23.2 Å². The largest absolute Gasteiger partial charge is 0.457 e. The van der Waals surface area contributed by atoms with Gasteiger partial charge in [0.05, 0.1) is 11.8 Å². The molecule has 1 aliphatic heterocycles. The Morgan fingerprint density at radius 1 is 0.675 bits per heavy atom. The van der Waals surface area contributed by atoms with E-state index in [-0.39, 0.29) is 0 Å². The Hall–Kier alpha value is -4.13. The number of nitrogens with one attached hydrogen (secondary N) is 1. The van der Waals surface area contributed by atoms with Crippen LogP contribution in [-0.4, -0.2) is 29.2 Å². The first kappa shape index (κ1) is 24.9. The molecule has 198 valence electrons. The van der Waals surface area contributed by atoms with E-state index in [1.807, 2.05) is 78.9 Å². The monoisotopic (exact) mass is 568 g/mol. The molecule has 3 amide bonds. The minimum Gasteiger partial charge on any atom is -0.457 e. The molecule has 8 heteroatoms. The normalized spacial score (nSPS) is 25.7. The molecule has 0 saturated carbocycles. The Kier molecular flexibility index (Phi) is 5.56. The Labute approximate surface area is 240 Å². The van der Waals surface area contributed by atoms with Gasteiger partial charge in [0.2, 0.25) is 17.7 Å². The number of alkyl halides is 2. The van der Waals surface area contributed by atoms with E-state index in [1.165, 1.54) is 0 Å². The predicted octanol–water partition coefficient (Wildman–Crippen LogP) is 6.01. The summed E-state index contributed by atoms with van der Waals surface area (Å²) in [4.78, 5) is 39.3. The summed E-state index contributed by atoms with van der Waals surface area (Å²) in [6, 6.07) is 31.0. The van der Waals surface area contributed by atoms with Crippen molar-refractivity contribution in [3.63, 3.8) is 0 Å². The van der Waals surface area contributed by atoms with Crippen molar-refractivity contribution in [2.75, 3.05) is 11.9 Å². The number of halogens is 2. The molecule has 4 aliphatic rings. The van der Waals surface area contributed by atoms with Gasteiger partial charge in [-0.05, 0) is 58.7 Å². The fourth-order valence-corrected chi connectivity index (χ4v) is 7.55. The van der Waals surface area contributed by atoms with E-state index in [4.69, 9.17) is 27.9 Å². The molecule has 0 aromatic heterocycles. The Bertz CT molecular complexity index is 1570. The zero-order valence-electron chi connectivity index (χ0n) is 21.0. The van der Waals surface area contributed by atoms with Crippen LogP contribution >= 0.6 is 23.2 Å². The average molecular weight is 569 g/mol. The van der Waals surface area contributed by atoms with Gasteiger partial charge in [-0.2, -0.15) is 0 Å². The van der Waals surface area contributed by atoms with Gasteiger partial charge < -0.3 is 10.1 Å². The number of rotatable bonds is 5. The number of hydrogen-bond donors (Lipinski definition) is 1. The summed E-state index contributed by atoms with van der Waals surface area (Å²) in [6.07, 6.45) is 0. The number of carbonyl (C=O) groups is 3. The molecule has 0 spiro atoms. The molecule has 0 unspecified atom stereocenters. The van der Waals surface area contributed by atoms with Crippen LogP contribution in [0.15, 0.2) is 103 Å². The summed E-state index contributed by atoms with van der Waals surface area (Å²) in [6.45, 7) is -0.445. The lowest BCUT2D eigenvalue weighted by molar-refractivity contribution is -0.142. The van der Waals surface area contributed by atoms with Crippen LogP contribution in [0, 0.1) is 11.8 Å². The van der Waals surface area contributed by atoms with Gasteiger partial charge in [0.1, 0.15) is 27.8 Å². The third-order valence-corrected chi connectivity index (χ3v) is 9.38. The number of nitrogens with zero attached hydrogens (tertiary/aromatic N) is 1. The maximum absolute atomic E-state index is 13.9. The van der Waals surface area contributed by atoms with Gasteiger partial charge in [-0.1, -0.05) is 66.7 Å². The van der Waals surface area contributed by atoms with Crippen molar-refractivity contribution >= 4 is 46.6 Å². The third kappa shape index (κ3) is 3.39. The highest BCUT2D eigenvalue weighted by atomic mass is 35.5. The Morgan fingerprint density at radius 3 is 1.57 bits per heavy atom. The second-order valence-electron chi connectivity index (χ2n) is 10.2. The van der Waals surface area contributed by atoms with Crippen molar-refractivity contribution in [2.24, 2.45) is 11.8 Å². The van der Waals surface area contributed by atoms with Crippen molar-refractivity contribution in [3.05, 3.63) is 125 Å². The first-order valence-electron chi connectivity index (χ1n) is 12.9. The minimum absolute atomic E-state index is 0.445. The molecule has 40 heavy (non-hydrogen) atoms. The van der Waals surface area contributed by atoms with E-state index in [0.717, 1.165) is 27.2 Å². The van der Waals surface area contributed by atoms with Crippen LogP contribution in [0.25, 0.3) is 0 Å². The minimum atomic E-state index is -1.28. The molecule has 6 nitrogen and oxygen atoms in total. The molecule has 2 atom stereocenters. The van der Waals surface area contributed by atoms with Crippen LogP contribution in [-0.2, 0) is 24.1 Å². The number of para-hydroxylation sites is 1. The summed E-state index contributed by atoms with van der Waals surface area (Å²) in [7, 11) is 0. The number of likely N-dealkylation sites (tertiary alicyclic amines) is 1. The number of benzene rings is 4. The SMILES string of the molecule is O=C(CN1C(=O)[C@@H]2[C@@H](C1=O)C1(Cl)c3ccccc3C2(Cl)c2ccccc21)Nc1ccc(Oc2ccccc2)cc1. The zero-order chi connectivity index (χ0) is 27.6. The topological polar surface area (TPSA) is 75.7 Å². The molecular formula is C32H22Cl2N2O4. The van der Waals surface area contributed by atoms with Crippen molar-refractivity contribution in [2.45, 2.75) is 9.75 Å². The van der Waals surface area contributed by atoms with Crippen molar-refractivity contribution in [1.29, 1.82) is 0 Å². The molecule has 8 rings (SSSR count). The van der Waals surface area contributed by atoms with E-state index < -0.39 is 45.9 Å². The highest BCUT2D eigenvalue weighted by molar-refractivity contribution is 6.36. The molecule has 1 fully saturated rings. The summed E-state index contributed by atoms with van der Waals surface area (Å²) >= 11 is 14.8. The molecule has 1 saturated heterocycles. The fourth-order valence-electron chi connectivity index (χ4n) is 6.46. The number of carbonyl (C=O) groups excluding carboxylic acids is 3. The lowest BCUT2D eigenvalue weighted by Gasteiger charge is -2.54. The number of anilines is 1. The van der Waals surface area contributed by atoms with E-state index in [0.29, 0.717) is 17.2 Å². The van der Waals surface area contributed by atoms with Crippen LogP contribution in [0.3, 0.4) is 0 Å². The van der Waals surface area contributed by atoms with E-state index >= 15 is 0 Å². The van der Waals surface area contributed by atoms with Gasteiger partial charge >= 0.3 is 0 Å². The predicted molar refractivity (Wildman–Crippen MR) is 151 cm³/mol. The molecule has 3 aliphatic carbocycles. The van der Waals surface area contributed by atoms with Crippen molar-refractivity contribution in [1.82, 2.24) is 4.90 Å².